The lowest BCUT2D eigenvalue weighted by Gasteiger charge is -2.40. The zero-order valence-electron chi connectivity index (χ0n) is 14.8. The predicted octanol–water partition coefficient (Wildman–Crippen LogP) is 3.10. The Hall–Kier alpha value is -2.09. The molecule has 0 bridgehead atoms. The Balaban J connectivity index is 1.54. The van der Waals surface area contributed by atoms with Gasteiger partial charge in [-0.2, -0.15) is 5.26 Å². The smallest absolute Gasteiger partial charge is 0.230 e. The summed E-state index contributed by atoms with van der Waals surface area (Å²) in [5.74, 6) is 1.10. The number of nitrogens with zero attached hydrogens (tertiary/aromatic N) is 4. The number of aromatic nitrogens is 1. The number of hydrogen-bond acceptors (Lipinski definition) is 4. The molecule has 0 unspecified atom stereocenters. The standard InChI is InChI=1S/C20H26N4O/c21-14-16-6-4-11-22-18(16)23-12-5-9-20(15-23)10-13-24(19(20)25)17-7-2-1-3-8-17/h4,6,11,17H,1-3,5,7-10,12-13,15H2/t20-/m0/s1. The van der Waals surface area contributed by atoms with Crippen LogP contribution in [0.4, 0.5) is 5.82 Å². The van der Waals surface area contributed by atoms with Crippen LogP contribution in [0.5, 0.6) is 0 Å². The molecule has 1 atom stereocenters. The molecular weight excluding hydrogens is 312 g/mol. The van der Waals surface area contributed by atoms with E-state index in [9.17, 15) is 10.1 Å². The largest absolute Gasteiger partial charge is 0.354 e. The van der Waals surface area contributed by atoms with Gasteiger partial charge in [-0.25, -0.2) is 4.98 Å². The maximum atomic E-state index is 13.3. The summed E-state index contributed by atoms with van der Waals surface area (Å²) in [6, 6.07) is 6.32. The average Bonchev–Trinajstić information content (AvgIpc) is 2.98. The molecule has 25 heavy (non-hydrogen) atoms. The van der Waals surface area contributed by atoms with Crippen molar-refractivity contribution >= 4 is 11.7 Å². The fourth-order valence-electron chi connectivity index (χ4n) is 5.02. The molecule has 0 aromatic carbocycles. The number of amides is 1. The Morgan fingerprint density at radius 3 is 2.80 bits per heavy atom. The minimum absolute atomic E-state index is 0.264. The number of likely N-dealkylation sites (tertiary alicyclic amines) is 1. The summed E-state index contributed by atoms with van der Waals surface area (Å²) in [6.45, 7) is 2.50. The molecule has 3 heterocycles. The van der Waals surface area contributed by atoms with Crippen LogP contribution in [0.2, 0.25) is 0 Å². The molecule has 4 rings (SSSR count). The molecule has 1 spiro atoms. The molecule has 132 valence electrons. The van der Waals surface area contributed by atoms with Crippen molar-refractivity contribution in [3.63, 3.8) is 0 Å². The first-order valence-corrected chi connectivity index (χ1v) is 9.65. The van der Waals surface area contributed by atoms with E-state index in [2.05, 4.69) is 20.9 Å². The predicted molar refractivity (Wildman–Crippen MR) is 96.0 cm³/mol. The number of carbonyl (C=O) groups excluding carboxylic acids is 1. The van der Waals surface area contributed by atoms with Crippen molar-refractivity contribution < 1.29 is 4.79 Å². The lowest BCUT2D eigenvalue weighted by Crippen LogP contribution is -2.50. The Bertz CT molecular complexity index is 691. The van der Waals surface area contributed by atoms with Gasteiger partial charge < -0.3 is 9.80 Å². The average molecular weight is 338 g/mol. The summed E-state index contributed by atoms with van der Waals surface area (Å²) in [5.41, 5.74) is 0.342. The van der Waals surface area contributed by atoms with Gasteiger partial charge in [-0.15, -0.1) is 0 Å². The van der Waals surface area contributed by atoms with Crippen LogP contribution in [-0.2, 0) is 4.79 Å². The second-order valence-electron chi connectivity index (χ2n) is 7.83. The van der Waals surface area contributed by atoms with Crippen LogP contribution >= 0.6 is 0 Å². The van der Waals surface area contributed by atoms with E-state index >= 15 is 0 Å². The van der Waals surface area contributed by atoms with Crippen LogP contribution in [0.15, 0.2) is 18.3 Å². The molecule has 1 aromatic rings. The molecule has 3 aliphatic rings. The fourth-order valence-corrected chi connectivity index (χ4v) is 5.02. The molecule has 0 N–H and O–H groups in total. The number of pyridine rings is 1. The number of rotatable bonds is 2. The molecule has 1 aliphatic carbocycles. The van der Waals surface area contributed by atoms with E-state index in [1.807, 2.05) is 6.07 Å². The van der Waals surface area contributed by atoms with E-state index in [1.54, 1.807) is 12.3 Å². The fraction of sp³-hybridized carbons (Fsp3) is 0.650. The minimum atomic E-state index is -0.264. The van der Waals surface area contributed by atoms with Gasteiger partial charge in [-0.3, -0.25) is 4.79 Å². The highest BCUT2D eigenvalue weighted by molar-refractivity contribution is 5.86. The van der Waals surface area contributed by atoms with E-state index in [4.69, 9.17) is 0 Å². The SMILES string of the molecule is N#Cc1cccnc1N1CCC[C@]2(CCN(C3CCCCC3)C2=O)C1. The van der Waals surface area contributed by atoms with Crippen molar-refractivity contribution in [2.24, 2.45) is 5.41 Å². The monoisotopic (exact) mass is 338 g/mol. The van der Waals surface area contributed by atoms with Crippen molar-refractivity contribution in [2.45, 2.75) is 57.4 Å². The lowest BCUT2D eigenvalue weighted by molar-refractivity contribution is -0.138. The first kappa shape index (κ1) is 16.4. The van der Waals surface area contributed by atoms with Gasteiger partial charge in [-0.05, 0) is 44.2 Å². The third-order valence-electron chi connectivity index (χ3n) is 6.34. The third kappa shape index (κ3) is 2.88. The first-order valence-electron chi connectivity index (χ1n) is 9.65. The van der Waals surface area contributed by atoms with Gasteiger partial charge in [0.25, 0.3) is 0 Å². The highest BCUT2D eigenvalue weighted by Gasteiger charge is 2.50. The van der Waals surface area contributed by atoms with Gasteiger partial charge in [0.05, 0.1) is 11.0 Å². The summed E-state index contributed by atoms with van der Waals surface area (Å²) in [6.07, 6.45) is 10.8. The van der Waals surface area contributed by atoms with Crippen LogP contribution in [0.1, 0.15) is 56.9 Å². The molecule has 0 radical (unpaired) electrons. The highest BCUT2D eigenvalue weighted by Crippen LogP contribution is 2.43. The number of carbonyl (C=O) groups is 1. The number of nitriles is 1. The Labute approximate surface area is 149 Å². The molecule has 1 saturated carbocycles. The first-order chi connectivity index (χ1) is 12.2. The van der Waals surface area contributed by atoms with Gasteiger partial charge in [0.2, 0.25) is 5.91 Å². The topological polar surface area (TPSA) is 60.2 Å². The summed E-state index contributed by atoms with van der Waals surface area (Å²) in [7, 11) is 0. The molecular formula is C20H26N4O. The summed E-state index contributed by atoms with van der Waals surface area (Å²) >= 11 is 0. The number of piperidine rings is 1. The van der Waals surface area contributed by atoms with Crippen molar-refractivity contribution in [3.05, 3.63) is 23.9 Å². The summed E-state index contributed by atoms with van der Waals surface area (Å²) < 4.78 is 0. The molecule has 5 nitrogen and oxygen atoms in total. The third-order valence-corrected chi connectivity index (χ3v) is 6.34. The van der Waals surface area contributed by atoms with Crippen LogP contribution in [0, 0.1) is 16.7 Å². The summed E-state index contributed by atoms with van der Waals surface area (Å²) in [5, 5.41) is 9.38. The van der Waals surface area contributed by atoms with Crippen LogP contribution in [0.25, 0.3) is 0 Å². The quantitative estimate of drug-likeness (QED) is 0.831. The van der Waals surface area contributed by atoms with E-state index in [0.717, 1.165) is 38.2 Å². The number of anilines is 1. The van der Waals surface area contributed by atoms with E-state index in [-0.39, 0.29) is 5.41 Å². The van der Waals surface area contributed by atoms with Crippen molar-refractivity contribution in [2.75, 3.05) is 24.5 Å². The molecule has 1 aromatic heterocycles. The Kier molecular flexibility index (Phi) is 4.37. The van der Waals surface area contributed by atoms with Gasteiger partial charge >= 0.3 is 0 Å². The normalized spacial score (nSPS) is 27.7. The Morgan fingerprint density at radius 1 is 1.16 bits per heavy atom. The lowest BCUT2D eigenvalue weighted by atomic mass is 9.78. The van der Waals surface area contributed by atoms with Gasteiger partial charge in [0.15, 0.2) is 0 Å². The van der Waals surface area contributed by atoms with Gasteiger partial charge in [-0.1, -0.05) is 19.3 Å². The van der Waals surface area contributed by atoms with Crippen molar-refractivity contribution in [1.29, 1.82) is 5.26 Å². The zero-order valence-corrected chi connectivity index (χ0v) is 14.8. The maximum absolute atomic E-state index is 13.3. The van der Waals surface area contributed by atoms with Crippen LogP contribution in [-0.4, -0.2) is 41.5 Å². The van der Waals surface area contributed by atoms with Crippen LogP contribution in [0.3, 0.4) is 0 Å². The molecule has 2 aliphatic heterocycles. The maximum Gasteiger partial charge on any atom is 0.230 e. The van der Waals surface area contributed by atoms with Gasteiger partial charge in [0, 0.05) is 31.9 Å². The second kappa shape index (κ2) is 6.67. The highest BCUT2D eigenvalue weighted by atomic mass is 16.2. The van der Waals surface area contributed by atoms with Gasteiger partial charge in [0.1, 0.15) is 11.9 Å². The second-order valence-corrected chi connectivity index (χ2v) is 7.83. The van der Waals surface area contributed by atoms with Crippen molar-refractivity contribution in [3.8, 4) is 6.07 Å². The van der Waals surface area contributed by atoms with Crippen molar-refractivity contribution in [1.82, 2.24) is 9.88 Å². The zero-order chi connectivity index (χ0) is 17.3. The van der Waals surface area contributed by atoms with Crippen LogP contribution < -0.4 is 4.90 Å². The van der Waals surface area contributed by atoms with E-state index in [0.29, 0.717) is 24.1 Å². The molecule has 2 saturated heterocycles. The molecule has 3 fully saturated rings. The molecule has 5 heteroatoms. The van der Waals surface area contributed by atoms with E-state index < -0.39 is 0 Å². The minimum Gasteiger partial charge on any atom is -0.354 e. The number of hydrogen-bond donors (Lipinski definition) is 0. The Morgan fingerprint density at radius 2 is 2.00 bits per heavy atom. The summed E-state index contributed by atoms with van der Waals surface area (Å²) in [4.78, 5) is 22.1. The van der Waals surface area contributed by atoms with E-state index in [1.165, 1.54) is 32.1 Å². The molecule has 1 amide bonds.